The summed E-state index contributed by atoms with van der Waals surface area (Å²) in [6.45, 7) is 5.78. The first kappa shape index (κ1) is 58.4. The quantitative estimate of drug-likeness (QED) is 0.0282. The number of ether oxygens (including phenoxy) is 3. The second-order valence-corrected chi connectivity index (χ2v) is 20.1. The van der Waals surface area contributed by atoms with Crippen molar-refractivity contribution < 1.29 is 112 Å². The van der Waals surface area contributed by atoms with Crippen LogP contribution in [-0.4, -0.2) is 87.8 Å². The lowest BCUT2D eigenvalue weighted by atomic mass is 9.88. The van der Waals surface area contributed by atoms with Crippen LogP contribution in [0.4, 0.5) is 93.9 Å². The highest BCUT2D eigenvalue weighted by molar-refractivity contribution is 6.76. The maximum Gasteiger partial charge on any atom is 0.460 e. The molecule has 1 atom stereocenters. The van der Waals surface area contributed by atoms with E-state index in [0.29, 0.717) is 6.07 Å². The number of hydrogen-bond acceptors (Lipinski definition) is 6. The van der Waals surface area contributed by atoms with Crippen LogP contribution < -0.4 is 10.1 Å². The molecule has 0 aromatic heterocycles. The van der Waals surface area contributed by atoms with Gasteiger partial charge in [-0.3, -0.25) is 5.32 Å². The summed E-state index contributed by atoms with van der Waals surface area (Å²) in [5.74, 6) is -59.7. The molecule has 2 aromatic rings. The van der Waals surface area contributed by atoms with Crippen LogP contribution in [0.2, 0.25) is 17.1 Å². The van der Waals surface area contributed by atoms with Crippen molar-refractivity contribution in [1.29, 1.82) is 0 Å². The number of halogens is 19. The van der Waals surface area contributed by atoms with Gasteiger partial charge in [0.15, 0.2) is 8.32 Å². The van der Waals surface area contributed by atoms with Gasteiger partial charge in [-0.2, -0.15) is 74.6 Å². The lowest BCUT2D eigenvalue weighted by Gasteiger charge is -2.44. The molecule has 0 spiro atoms. The smallest absolute Gasteiger partial charge is 0.460 e. The third kappa shape index (κ3) is 12.5. The molecule has 0 bridgehead atoms. The Morgan fingerprint density at radius 3 is 1.70 bits per heavy atom. The van der Waals surface area contributed by atoms with Crippen molar-refractivity contribution in [2.24, 2.45) is 0 Å². The van der Waals surface area contributed by atoms with Crippen LogP contribution in [0.15, 0.2) is 66.8 Å². The van der Waals surface area contributed by atoms with E-state index in [-0.39, 0.29) is 24.3 Å². The molecular formula is C40H42F19NO6Si. The molecule has 0 saturated carbocycles. The normalized spacial score (nSPS) is 14.6. The summed E-state index contributed by atoms with van der Waals surface area (Å²) < 4.78 is 285. The molecule has 0 aliphatic heterocycles. The van der Waals surface area contributed by atoms with Gasteiger partial charge in [0.05, 0.1) is 18.9 Å². The molecule has 7 nitrogen and oxygen atoms in total. The molecule has 0 aliphatic rings. The molecule has 27 heteroatoms. The van der Waals surface area contributed by atoms with Crippen LogP contribution in [0.3, 0.4) is 0 Å². The molecule has 0 radical (unpaired) electrons. The first-order chi connectivity index (χ1) is 30.4. The van der Waals surface area contributed by atoms with E-state index in [4.69, 9.17) is 18.6 Å². The predicted molar refractivity (Wildman–Crippen MR) is 203 cm³/mol. The van der Waals surface area contributed by atoms with Gasteiger partial charge in [-0.25, -0.2) is 18.4 Å². The zero-order valence-corrected chi connectivity index (χ0v) is 36.5. The summed E-state index contributed by atoms with van der Waals surface area (Å²) >= 11 is 0. The van der Waals surface area contributed by atoms with E-state index in [0.717, 1.165) is 18.2 Å². The van der Waals surface area contributed by atoms with Gasteiger partial charge >= 0.3 is 59.7 Å². The summed E-state index contributed by atoms with van der Waals surface area (Å²) in [6, 6.07) is 6.29. The van der Waals surface area contributed by atoms with Crippen LogP contribution >= 0.6 is 0 Å². The summed E-state index contributed by atoms with van der Waals surface area (Å²) in [4.78, 5) is 24.2. The number of esters is 1. The molecule has 2 rings (SSSR count). The molecule has 0 fully saturated rings. The molecule has 1 amide bonds. The number of carbonyl (C=O) groups is 2. The fraction of sp³-hybridized carbons (Fsp3) is 0.550. The molecule has 0 heterocycles. The Kier molecular flexibility index (Phi) is 18.9. The van der Waals surface area contributed by atoms with E-state index in [1.807, 2.05) is 0 Å². The van der Waals surface area contributed by atoms with Crippen LogP contribution in [0.1, 0.15) is 59.1 Å². The molecular weight excluding hydrogens is 979 g/mol. The minimum absolute atomic E-state index is 0.0444. The first-order valence-electron chi connectivity index (χ1n) is 19.4. The topological polar surface area (TPSA) is 83.1 Å². The molecule has 0 saturated heterocycles. The van der Waals surface area contributed by atoms with E-state index < -0.39 is 128 Å². The van der Waals surface area contributed by atoms with Gasteiger partial charge in [0, 0.05) is 25.0 Å². The Hall–Kier alpha value is -4.69. The van der Waals surface area contributed by atoms with Gasteiger partial charge < -0.3 is 18.6 Å². The van der Waals surface area contributed by atoms with Crippen molar-refractivity contribution in [2.45, 2.75) is 118 Å². The second-order valence-electron chi connectivity index (χ2n) is 15.1. The molecule has 2 aromatic carbocycles. The SMILES string of the molecule is CCOC(=O)/C=C/C=C/C[C@@H](OC(=O)Nc1ccc(F)cc1F)c1ccc(OCCO[Si](CCC(F)(F)C(F)(F)C(F)(F)C(F)(F)C(F)(F)C(F)(F)C(F)(F)C(F)(F)F)(C(C)C)C(C)C)cc1. The number of carbonyl (C=O) groups excluding carboxylic acids is 2. The van der Waals surface area contributed by atoms with Gasteiger partial charge in [0.2, 0.25) is 0 Å². The van der Waals surface area contributed by atoms with Crippen LogP contribution in [0.5, 0.6) is 5.75 Å². The van der Waals surface area contributed by atoms with E-state index in [2.05, 4.69) is 5.32 Å². The van der Waals surface area contributed by atoms with Crippen LogP contribution in [0.25, 0.3) is 0 Å². The molecule has 380 valence electrons. The van der Waals surface area contributed by atoms with E-state index in [9.17, 15) is 93.0 Å². The molecule has 0 aliphatic carbocycles. The monoisotopic (exact) mass is 1020 g/mol. The van der Waals surface area contributed by atoms with Gasteiger partial charge in [-0.15, -0.1) is 0 Å². The Balaban J connectivity index is 2.29. The Bertz CT molecular complexity index is 2020. The van der Waals surface area contributed by atoms with Crippen molar-refractivity contribution in [3.8, 4) is 5.75 Å². The van der Waals surface area contributed by atoms with Crippen molar-refractivity contribution >= 4 is 26.1 Å². The minimum atomic E-state index is -8.72. The lowest BCUT2D eigenvalue weighted by molar-refractivity contribution is -0.461. The zero-order chi connectivity index (χ0) is 51.8. The molecule has 1 N–H and O–H groups in total. The Morgan fingerprint density at radius 1 is 0.687 bits per heavy atom. The van der Waals surface area contributed by atoms with Crippen LogP contribution in [0, 0.1) is 11.6 Å². The minimum Gasteiger partial charge on any atom is -0.491 e. The number of alkyl halides is 17. The summed E-state index contributed by atoms with van der Waals surface area (Å²) in [5.41, 5.74) is -2.00. The number of rotatable bonds is 24. The highest BCUT2D eigenvalue weighted by Gasteiger charge is 2.95. The van der Waals surface area contributed by atoms with Crippen molar-refractivity contribution in [3.05, 3.63) is 84.0 Å². The first-order valence-corrected chi connectivity index (χ1v) is 21.7. The Morgan fingerprint density at radius 2 is 1.21 bits per heavy atom. The van der Waals surface area contributed by atoms with Gasteiger partial charge in [0.25, 0.3) is 0 Å². The number of benzene rings is 2. The number of amides is 1. The van der Waals surface area contributed by atoms with E-state index in [1.165, 1.54) is 70.2 Å². The standard InChI is InChI=1S/C40H42F19NO6Si/c1-6-63-31(61)11-9-7-8-10-30(66-32(62)60-29-17-14-26(41)22-28(29)42)25-12-15-27(16-13-25)64-19-20-65-67(23(2)3,24(4)5)21-18-33(43,44)34(45,46)35(47,48)36(49,50)37(51,52)38(53,54)39(55,56)40(57,58)59/h7-9,11-17,22-24,30H,6,10,18-21H2,1-5H3,(H,60,62)/b8-7+,11-9+/t30-/m1/s1. The highest BCUT2D eigenvalue weighted by atomic mass is 28.4. The summed E-state index contributed by atoms with van der Waals surface area (Å²) in [5, 5.41) is 2.11. The molecule has 67 heavy (non-hydrogen) atoms. The van der Waals surface area contributed by atoms with Gasteiger partial charge in [-0.1, -0.05) is 58.1 Å². The number of hydrogen-bond donors (Lipinski definition) is 1. The average molecular weight is 1020 g/mol. The Labute approximate surface area is 370 Å². The molecule has 0 unspecified atom stereocenters. The predicted octanol–water partition coefficient (Wildman–Crippen LogP) is 13.9. The van der Waals surface area contributed by atoms with E-state index >= 15 is 0 Å². The fourth-order valence-electron chi connectivity index (χ4n) is 6.24. The van der Waals surface area contributed by atoms with Gasteiger partial charge in [0.1, 0.15) is 30.1 Å². The highest BCUT2D eigenvalue weighted by Crippen LogP contribution is 2.64. The largest absolute Gasteiger partial charge is 0.491 e. The fourth-order valence-corrected chi connectivity index (χ4v) is 10.7. The average Bonchev–Trinajstić information content (AvgIpc) is 3.20. The van der Waals surface area contributed by atoms with Crippen molar-refractivity contribution in [1.82, 2.24) is 0 Å². The van der Waals surface area contributed by atoms with Gasteiger partial charge in [-0.05, 0) is 53.9 Å². The van der Waals surface area contributed by atoms with Crippen molar-refractivity contribution in [2.75, 3.05) is 25.1 Å². The lowest BCUT2D eigenvalue weighted by Crippen LogP contribution is -2.74. The van der Waals surface area contributed by atoms with Crippen molar-refractivity contribution in [3.63, 3.8) is 0 Å². The number of allylic oxidation sites excluding steroid dienone is 2. The number of anilines is 1. The van der Waals surface area contributed by atoms with Crippen LogP contribution in [-0.2, 0) is 18.7 Å². The maximum atomic E-state index is 15.0. The third-order valence-electron chi connectivity index (χ3n) is 10.1. The number of nitrogens with one attached hydrogen (secondary N) is 1. The maximum absolute atomic E-state index is 15.0. The van der Waals surface area contributed by atoms with E-state index in [1.54, 1.807) is 6.92 Å². The third-order valence-corrected chi connectivity index (χ3v) is 15.8. The second kappa shape index (κ2) is 21.7. The summed E-state index contributed by atoms with van der Waals surface area (Å²) in [6.07, 6.45) is -7.53. The summed E-state index contributed by atoms with van der Waals surface area (Å²) in [7, 11) is -4.05. The zero-order valence-electron chi connectivity index (χ0n) is 35.5.